The zero-order chi connectivity index (χ0) is 12.2. The Morgan fingerprint density at radius 3 is 2.69 bits per heavy atom. The van der Waals surface area contributed by atoms with Crippen LogP contribution in [0.15, 0.2) is 0 Å². The molecule has 0 aromatic carbocycles. The van der Waals surface area contributed by atoms with E-state index in [2.05, 4.69) is 25.9 Å². The Labute approximate surface area is 93.6 Å². The number of aromatic amines is 1. The van der Waals surface area contributed by atoms with E-state index in [9.17, 15) is 8.42 Å². The molecule has 0 atom stereocenters. The normalized spacial score (nSPS) is 12.9. The lowest BCUT2D eigenvalue weighted by molar-refractivity contribution is 0.380. The molecule has 0 aliphatic carbocycles. The second-order valence-corrected chi connectivity index (χ2v) is 5.50. The monoisotopic (exact) mass is 249 g/mol. The van der Waals surface area contributed by atoms with Crippen molar-refractivity contribution in [2.45, 2.75) is 25.8 Å². The molecule has 1 rings (SSSR count). The number of hydrogen-bond donors (Lipinski definition) is 3. The van der Waals surface area contributed by atoms with E-state index in [4.69, 9.17) is 4.55 Å². The van der Waals surface area contributed by atoms with Crippen molar-refractivity contribution in [1.29, 1.82) is 0 Å². The van der Waals surface area contributed by atoms with Crippen LogP contribution in [0.2, 0.25) is 0 Å². The van der Waals surface area contributed by atoms with Gasteiger partial charge in [-0.15, -0.1) is 10.2 Å². The van der Waals surface area contributed by atoms with Gasteiger partial charge in [0.15, 0.2) is 5.82 Å². The molecule has 0 saturated heterocycles. The predicted molar refractivity (Wildman–Crippen MR) is 56.2 cm³/mol. The van der Waals surface area contributed by atoms with Crippen LogP contribution in [-0.4, -0.2) is 45.9 Å². The van der Waals surface area contributed by atoms with Crippen molar-refractivity contribution in [1.82, 2.24) is 25.9 Å². The van der Waals surface area contributed by atoms with Gasteiger partial charge in [0.25, 0.3) is 10.1 Å². The zero-order valence-electron chi connectivity index (χ0n) is 9.13. The first-order chi connectivity index (χ1) is 7.31. The van der Waals surface area contributed by atoms with Gasteiger partial charge in [0.05, 0.1) is 11.3 Å². The Balaban J connectivity index is 2.38. The molecule has 8 nitrogen and oxygen atoms in total. The minimum absolute atomic E-state index is 0.262. The van der Waals surface area contributed by atoms with Crippen molar-refractivity contribution in [2.75, 3.05) is 12.3 Å². The van der Waals surface area contributed by atoms with Crippen molar-refractivity contribution in [3.63, 3.8) is 0 Å². The fourth-order valence-electron chi connectivity index (χ4n) is 1.16. The Kier molecular flexibility index (Phi) is 3.94. The van der Waals surface area contributed by atoms with Crippen LogP contribution in [0.1, 0.15) is 26.1 Å². The summed E-state index contributed by atoms with van der Waals surface area (Å²) in [5.41, 5.74) is -0.494. The van der Waals surface area contributed by atoms with Gasteiger partial charge in [-0.1, -0.05) is 5.21 Å². The molecule has 9 heteroatoms. The molecule has 0 spiro atoms. The Morgan fingerprint density at radius 1 is 1.50 bits per heavy atom. The molecule has 1 aromatic heterocycles. The number of hydrogen-bond acceptors (Lipinski definition) is 6. The predicted octanol–water partition coefficient (Wildman–Crippen LogP) is -0.698. The quantitative estimate of drug-likeness (QED) is 0.450. The summed E-state index contributed by atoms with van der Waals surface area (Å²) in [7, 11) is -3.89. The fraction of sp³-hybridized carbons (Fsp3) is 0.857. The highest BCUT2D eigenvalue weighted by atomic mass is 32.2. The molecule has 0 fully saturated rings. The average Bonchev–Trinajstić information content (AvgIpc) is 2.64. The van der Waals surface area contributed by atoms with Gasteiger partial charge in [0, 0.05) is 0 Å². The Bertz CT molecular complexity index is 413. The van der Waals surface area contributed by atoms with E-state index < -0.39 is 15.7 Å². The van der Waals surface area contributed by atoms with E-state index in [1.54, 1.807) is 0 Å². The molecule has 0 radical (unpaired) electrons. The van der Waals surface area contributed by atoms with E-state index in [1.165, 1.54) is 0 Å². The van der Waals surface area contributed by atoms with Crippen LogP contribution in [0.5, 0.6) is 0 Å². The first-order valence-electron chi connectivity index (χ1n) is 4.75. The molecule has 0 aliphatic rings. The lowest BCUT2D eigenvalue weighted by atomic mass is 10.1. The molecule has 16 heavy (non-hydrogen) atoms. The van der Waals surface area contributed by atoms with Gasteiger partial charge < -0.3 is 5.32 Å². The van der Waals surface area contributed by atoms with Crippen LogP contribution in [-0.2, 0) is 15.7 Å². The average molecular weight is 249 g/mol. The van der Waals surface area contributed by atoms with Crippen LogP contribution in [0.3, 0.4) is 0 Å². The minimum Gasteiger partial charge on any atom is -0.305 e. The van der Waals surface area contributed by atoms with E-state index in [0.717, 1.165) is 0 Å². The lowest BCUT2D eigenvalue weighted by Gasteiger charge is -2.21. The van der Waals surface area contributed by atoms with Crippen LogP contribution in [0.4, 0.5) is 0 Å². The highest BCUT2D eigenvalue weighted by molar-refractivity contribution is 7.85. The van der Waals surface area contributed by atoms with Gasteiger partial charge >= 0.3 is 0 Å². The number of nitrogens with one attached hydrogen (secondary N) is 2. The third-order valence-corrected chi connectivity index (χ3v) is 2.85. The van der Waals surface area contributed by atoms with Gasteiger partial charge in [0.1, 0.15) is 0 Å². The fourth-order valence-corrected chi connectivity index (χ4v) is 1.67. The summed E-state index contributed by atoms with van der Waals surface area (Å²) < 4.78 is 29.5. The maximum atomic E-state index is 10.5. The molecule has 0 aliphatic heterocycles. The summed E-state index contributed by atoms with van der Waals surface area (Å²) in [5, 5.41) is 16.5. The smallest absolute Gasteiger partial charge is 0.264 e. The minimum atomic E-state index is -3.89. The maximum Gasteiger partial charge on any atom is 0.264 e. The number of tetrazole rings is 1. The number of aromatic nitrogens is 4. The second kappa shape index (κ2) is 4.85. The number of H-pyrrole nitrogens is 1. The third-order valence-electron chi connectivity index (χ3n) is 2.05. The molecular weight excluding hydrogens is 234 g/mol. The number of nitrogens with zero attached hydrogens (tertiary/aromatic N) is 3. The van der Waals surface area contributed by atoms with Crippen LogP contribution < -0.4 is 5.32 Å². The standard InChI is InChI=1S/C7H15N5O3S/c1-7(2,6-9-11-12-10-6)8-4-3-5-16(13,14)15/h8H,3-5H2,1-2H3,(H,13,14,15)(H,9,10,11,12). The van der Waals surface area contributed by atoms with Crippen molar-refractivity contribution in [3.8, 4) is 0 Å². The Hall–Kier alpha value is -1.06. The largest absolute Gasteiger partial charge is 0.305 e. The van der Waals surface area contributed by atoms with Gasteiger partial charge in [-0.05, 0) is 26.8 Å². The van der Waals surface area contributed by atoms with E-state index in [1.807, 2.05) is 13.8 Å². The highest BCUT2D eigenvalue weighted by Crippen LogP contribution is 2.13. The molecule has 0 unspecified atom stereocenters. The molecule has 0 amide bonds. The summed E-state index contributed by atoms with van der Waals surface area (Å²) in [6.07, 6.45) is 0.320. The molecule has 0 bridgehead atoms. The first-order valence-corrected chi connectivity index (χ1v) is 6.36. The SMILES string of the molecule is CC(C)(NCCCS(=O)(=O)O)c1nn[nH]n1. The summed E-state index contributed by atoms with van der Waals surface area (Å²) in [4.78, 5) is 0. The van der Waals surface area contributed by atoms with Crippen molar-refractivity contribution < 1.29 is 13.0 Å². The van der Waals surface area contributed by atoms with Crippen molar-refractivity contribution in [2.24, 2.45) is 0 Å². The summed E-state index contributed by atoms with van der Waals surface area (Å²) in [6.45, 7) is 4.14. The third kappa shape index (κ3) is 4.21. The van der Waals surface area contributed by atoms with E-state index >= 15 is 0 Å². The molecule has 0 saturated carbocycles. The zero-order valence-corrected chi connectivity index (χ0v) is 9.95. The number of rotatable bonds is 6. The van der Waals surface area contributed by atoms with E-state index in [-0.39, 0.29) is 5.75 Å². The second-order valence-electron chi connectivity index (χ2n) is 3.93. The van der Waals surface area contributed by atoms with Crippen LogP contribution in [0.25, 0.3) is 0 Å². The molecule has 1 heterocycles. The van der Waals surface area contributed by atoms with Gasteiger partial charge in [-0.3, -0.25) is 4.55 Å². The molecule has 3 N–H and O–H groups in total. The van der Waals surface area contributed by atoms with E-state index in [0.29, 0.717) is 18.8 Å². The van der Waals surface area contributed by atoms with Gasteiger partial charge in [-0.25, -0.2) is 0 Å². The summed E-state index contributed by atoms with van der Waals surface area (Å²) in [5.74, 6) is 0.238. The van der Waals surface area contributed by atoms with Crippen molar-refractivity contribution >= 4 is 10.1 Å². The Morgan fingerprint density at radius 2 is 2.19 bits per heavy atom. The highest BCUT2D eigenvalue weighted by Gasteiger charge is 2.24. The van der Waals surface area contributed by atoms with Gasteiger partial charge in [0.2, 0.25) is 0 Å². The molecule has 1 aromatic rings. The van der Waals surface area contributed by atoms with Crippen molar-refractivity contribution in [3.05, 3.63) is 5.82 Å². The maximum absolute atomic E-state index is 10.5. The molecule has 92 valence electrons. The van der Waals surface area contributed by atoms with Gasteiger partial charge in [-0.2, -0.15) is 13.6 Å². The summed E-state index contributed by atoms with van der Waals surface area (Å²) >= 11 is 0. The summed E-state index contributed by atoms with van der Waals surface area (Å²) in [6, 6.07) is 0. The lowest BCUT2D eigenvalue weighted by Crippen LogP contribution is -2.38. The topological polar surface area (TPSA) is 121 Å². The van der Waals surface area contributed by atoms with Crippen LogP contribution >= 0.6 is 0 Å². The van der Waals surface area contributed by atoms with Crippen LogP contribution in [0, 0.1) is 0 Å². The molecular formula is C7H15N5O3S. The first kappa shape index (κ1) is 13.0.